The Hall–Kier alpha value is -1.57. The summed E-state index contributed by atoms with van der Waals surface area (Å²) in [6.07, 6.45) is -0.910. The SMILES string of the molecule is C/C(SCC1CCN(C(=O)OC(C)(C)C)CC1)=C(/C)c1cc(C(F)F)nn1C. The van der Waals surface area contributed by atoms with Crippen LogP contribution in [0.3, 0.4) is 0 Å². The normalized spacial score (nSPS) is 17.1. The number of ether oxygens (including phenoxy) is 1. The number of thioether (sulfide) groups is 1. The van der Waals surface area contributed by atoms with Gasteiger partial charge in [0.15, 0.2) is 0 Å². The lowest BCUT2D eigenvalue weighted by Gasteiger charge is -2.33. The molecule has 1 fully saturated rings. The Morgan fingerprint density at radius 1 is 1.32 bits per heavy atom. The molecule has 0 saturated carbocycles. The number of likely N-dealkylation sites (tertiary alicyclic amines) is 1. The number of nitrogens with zero attached hydrogens (tertiary/aromatic N) is 3. The van der Waals surface area contributed by atoms with Gasteiger partial charge in [0, 0.05) is 25.9 Å². The number of piperidine rings is 1. The summed E-state index contributed by atoms with van der Waals surface area (Å²) in [5, 5.41) is 3.89. The molecule has 0 radical (unpaired) electrons. The molecule has 1 aliphatic rings. The third-order valence-electron chi connectivity index (χ3n) is 4.84. The van der Waals surface area contributed by atoms with Crippen molar-refractivity contribution in [2.45, 2.75) is 59.5 Å². The van der Waals surface area contributed by atoms with Crippen LogP contribution in [0.4, 0.5) is 13.6 Å². The fourth-order valence-electron chi connectivity index (χ4n) is 3.09. The van der Waals surface area contributed by atoms with Gasteiger partial charge >= 0.3 is 6.09 Å². The average Bonchev–Trinajstić information content (AvgIpc) is 3.00. The Kier molecular flexibility index (Phi) is 7.53. The molecule has 0 aliphatic carbocycles. The second-order valence-electron chi connectivity index (χ2n) is 8.28. The lowest BCUT2D eigenvalue weighted by Crippen LogP contribution is -2.42. The molecule has 28 heavy (non-hydrogen) atoms. The van der Waals surface area contributed by atoms with Crippen molar-refractivity contribution in [2.75, 3.05) is 18.8 Å². The summed E-state index contributed by atoms with van der Waals surface area (Å²) in [6.45, 7) is 11.0. The summed E-state index contributed by atoms with van der Waals surface area (Å²) < 4.78 is 32.7. The number of carbonyl (C=O) groups excluding carboxylic acids is 1. The van der Waals surface area contributed by atoms with Crippen LogP contribution in [-0.4, -0.2) is 45.2 Å². The number of amides is 1. The zero-order chi connectivity index (χ0) is 21.1. The van der Waals surface area contributed by atoms with Gasteiger partial charge in [-0.2, -0.15) is 5.10 Å². The third-order valence-corrected chi connectivity index (χ3v) is 6.21. The highest BCUT2D eigenvalue weighted by molar-refractivity contribution is 8.03. The summed E-state index contributed by atoms with van der Waals surface area (Å²) in [6, 6.07) is 1.46. The molecular formula is C20H31F2N3O2S. The number of carbonyl (C=O) groups is 1. The Morgan fingerprint density at radius 3 is 2.43 bits per heavy atom. The largest absolute Gasteiger partial charge is 0.444 e. The van der Waals surface area contributed by atoms with Gasteiger partial charge in [-0.25, -0.2) is 13.6 Å². The predicted molar refractivity (Wildman–Crippen MR) is 109 cm³/mol. The number of hydrogen-bond donors (Lipinski definition) is 0. The van der Waals surface area contributed by atoms with Gasteiger partial charge in [-0.3, -0.25) is 4.68 Å². The van der Waals surface area contributed by atoms with Crippen molar-refractivity contribution >= 4 is 23.4 Å². The molecule has 0 unspecified atom stereocenters. The highest BCUT2D eigenvalue weighted by Gasteiger charge is 2.27. The number of hydrogen-bond acceptors (Lipinski definition) is 4. The van der Waals surface area contributed by atoms with Gasteiger partial charge in [0.05, 0.1) is 5.69 Å². The second-order valence-corrected chi connectivity index (χ2v) is 9.52. The molecule has 1 aromatic rings. The monoisotopic (exact) mass is 415 g/mol. The second kappa shape index (κ2) is 9.29. The van der Waals surface area contributed by atoms with Crippen molar-refractivity contribution in [3.05, 3.63) is 22.4 Å². The lowest BCUT2D eigenvalue weighted by atomic mass is 9.99. The first kappa shape index (κ1) is 22.7. The van der Waals surface area contributed by atoms with Crippen molar-refractivity contribution < 1.29 is 18.3 Å². The quantitative estimate of drug-likeness (QED) is 0.638. The van der Waals surface area contributed by atoms with E-state index in [-0.39, 0.29) is 11.8 Å². The van der Waals surface area contributed by atoms with E-state index in [2.05, 4.69) is 5.10 Å². The summed E-state index contributed by atoms with van der Waals surface area (Å²) in [5.74, 6) is 1.47. The maximum Gasteiger partial charge on any atom is 0.410 e. The molecule has 0 N–H and O–H groups in total. The first-order valence-electron chi connectivity index (χ1n) is 9.58. The standard InChI is InChI=1S/C20H31F2N3O2S/c1-13(17-11-16(18(21)22)23-24(17)6)14(2)28-12-15-7-9-25(10-8-15)19(26)27-20(3,4)5/h11,15,18H,7-10,12H2,1-6H3/b14-13+. The zero-order valence-electron chi connectivity index (χ0n) is 17.6. The van der Waals surface area contributed by atoms with Crippen molar-refractivity contribution in [3.8, 4) is 0 Å². The predicted octanol–water partition coefficient (Wildman–Crippen LogP) is 5.49. The summed E-state index contributed by atoms with van der Waals surface area (Å²) in [7, 11) is 1.69. The van der Waals surface area contributed by atoms with Crippen LogP contribution in [0.25, 0.3) is 5.57 Å². The van der Waals surface area contributed by atoms with Gasteiger partial charge in [-0.05, 0) is 69.9 Å². The van der Waals surface area contributed by atoms with Crippen molar-refractivity contribution in [1.29, 1.82) is 0 Å². The molecule has 2 heterocycles. The first-order valence-corrected chi connectivity index (χ1v) is 10.6. The van der Waals surface area contributed by atoms with E-state index in [0.29, 0.717) is 19.0 Å². The zero-order valence-corrected chi connectivity index (χ0v) is 18.4. The van der Waals surface area contributed by atoms with Gasteiger partial charge in [0.25, 0.3) is 6.43 Å². The van der Waals surface area contributed by atoms with Crippen LogP contribution >= 0.6 is 11.8 Å². The molecule has 2 rings (SSSR count). The minimum absolute atomic E-state index is 0.191. The number of halogens is 2. The number of aromatic nitrogens is 2. The van der Waals surface area contributed by atoms with Crippen molar-refractivity contribution in [1.82, 2.24) is 14.7 Å². The third kappa shape index (κ3) is 6.22. The lowest BCUT2D eigenvalue weighted by molar-refractivity contribution is 0.0191. The molecule has 1 amide bonds. The molecule has 5 nitrogen and oxygen atoms in total. The minimum atomic E-state index is -2.56. The first-order chi connectivity index (χ1) is 13.0. The number of allylic oxidation sites excluding steroid dienone is 2. The van der Waals surface area contributed by atoms with E-state index in [1.807, 2.05) is 34.6 Å². The van der Waals surface area contributed by atoms with Gasteiger partial charge in [0.2, 0.25) is 0 Å². The molecule has 1 aliphatic heterocycles. The van der Waals surface area contributed by atoms with Crippen LogP contribution in [0.2, 0.25) is 0 Å². The van der Waals surface area contributed by atoms with Crippen molar-refractivity contribution in [3.63, 3.8) is 0 Å². The maximum atomic E-state index is 12.9. The highest BCUT2D eigenvalue weighted by atomic mass is 32.2. The van der Waals surface area contributed by atoms with Crippen molar-refractivity contribution in [2.24, 2.45) is 13.0 Å². The fourth-order valence-corrected chi connectivity index (χ4v) is 4.23. The number of alkyl halides is 2. The highest BCUT2D eigenvalue weighted by Crippen LogP contribution is 2.32. The Bertz CT molecular complexity index is 718. The van der Waals surface area contributed by atoms with Crippen LogP contribution in [-0.2, 0) is 11.8 Å². The fraction of sp³-hybridized carbons (Fsp3) is 0.700. The van der Waals surface area contributed by atoms with Crippen LogP contribution in [0.15, 0.2) is 11.0 Å². The molecule has 1 saturated heterocycles. The van der Waals surface area contributed by atoms with Gasteiger partial charge in [-0.1, -0.05) is 0 Å². The Morgan fingerprint density at radius 2 is 1.93 bits per heavy atom. The van der Waals surface area contributed by atoms with Crippen LogP contribution < -0.4 is 0 Å². The van der Waals surface area contributed by atoms with Crippen LogP contribution in [0.5, 0.6) is 0 Å². The van der Waals surface area contributed by atoms with Gasteiger partial charge < -0.3 is 9.64 Å². The summed E-state index contributed by atoms with van der Waals surface area (Å²) >= 11 is 1.75. The molecule has 0 aromatic carbocycles. The molecular weight excluding hydrogens is 384 g/mol. The van der Waals surface area contributed by atoms with E-state index >= 15 is 0 Å². The van der Waals surface area contributed by atoms with E-state index in [0.717, 1.165) is 34.8 Å². The molecule has 158 valence electrons. The molecule has 1 aromatic heterocycles. The van der Waals surface area contributed by atoms with Gasteiger partial charge in [0.1, 0.15) is 11.3 Å². The van der Waals surface area contributed by atoms with E-state index < -0.39 is 12.0 Å². The van der Waals surface area contributed by atoms with E-state index in [4.69, 9.17) is 4.74 Å². The van der Waals surface area contributed by atoms with E-state index in [9.17, 15) is 13.6 Å². The van der Waals surface area contributed by atoms with Crippen LogP contribution in [0, 0.1) is 5.92 Å². The number of rotatable bonds is 5. The average molecular weight is 416 g/mol. The van der Waals surface area contributed by atoms with Gasteiger partial charge in [-0.15, -0.1) is 11.8 Å². The molecule has 8 heteroatoms. The smallest absolute Gasteiger partial charge is 0.410 e. The molecule has 0 atom stereocenters. The Labute approximate surface area is 170 Å². The topological polar surface area (TPSA) is 47.4 Å². The Balaban J connectivity index is 1.87. The summed E-state index contributed by atoms with van der Waals surface area (Å²) in [4.78, 5) is 15.0. The van der Waals surface area contributed by atoms with Crippen LogP contribution in [0.1, 0.15) is 65.3 Å². The summed E-state index contributed by atoms with van der Waals surface area (Å²) in [5.41, 5.74) is 1.03. The number of aryl methyl sites for hydroxylation is 1. The maximum absolute atomic E-state index is 12.9. The van der Waals surface area contributed by atoms with E-state index in [1.54, 1.807) is 23.7 Å². The molecule has 0 bridgehead atoms. The minimum Gasteiger partial charge on any atom is -0.444 e. The van der Waals surface area contributed by atoms with E-state index in [1.165, 1.54) is 10.7 Å². The molecule has 0 spiro atoms.